The topological polar surface area (TPSA) is 29.0 Å². The van der Waals surface area contributed by atoms with Crippen molar-refractivity contribution < 1.29 is 0 Å². The Bertz CT molecular complexity index is 329. The second kappa shape index (κ2) is 4.79. The number of alkyl halides is 1. The Balaban J connectivity index is 2.01. The minimum Gasteiger partial charge on any atom is -0.356 e. The summed E-state index contributed by atoms with van der Waals surface area (Å²) in [5, 5.41) is 0. The van der Waals surface area contributed by atoms with Gasteiger partial charge in [-0.2, -0.15) is 0 Å². The number of aromatic nitrogens is 2. The zero-order valence-electron chi connectivity index (χ0n) is 8.99. The van der Waals surface area contributed by atoms with Crippen LogP contribution in [0.4, 0.5) is 5.82 Å². The maximum atomic E-state index is 5.76. The van der Waals surface area contributed by atoms with Crippen molar-refractivity contribution in [2.45, 2.75) is 19.8 Å². The maximum Gasteiger partial charge on any atom is 0.132 e. The molecule has 0 N–H and O–H groups in total. The molecule has 4 heteroatoms. The Kier molecular flexibility index (Phi) is 3.41. The lowest BCUT2D eigenvalue weighted by Crippen LogP contribution is -2.21. The van der Waals surface area contributed by atoms with Gasteiger partial charge < -0.3 is 4.90 Å². The highest BCUT2D eigenvalue weighted by atomic mass is 35.5. The van der Waals surface area contributed by atoms with Crippen molar-refractivity contribution in [3.05, 3.63) is 18.1 Å². The summed E-state index contributed by atoms with van der Waals surface area (Å²) in [5.74, 6) is 3.40. The average molecular weight is 226 g/mol. The minimum absolute atomic E-state index is 0.734. The van der Waals surface area contributed by atoms with E-state index in [2.05, 4.69) is 14.9 Å². The predicted molar refractivity (Wildman–Crippen MR) is 62.4 cm³/mol. The van der Waals surface area contributed by atoms with Gasteiger partial charge in [-0.1, -0.05) is 0 Å². The molecule has 82 valence electrons. The maximum absolute atomic E-state index is 5.76. The quantitative estimate of drug-likeness (QED) is 0.739. The second-order valence-corrected chi connectivity index (χ2v) is 4.42. The van der Waals surface area contributed by atoms with Crippen molar-refractivity contribution in [1.82, 2.24) is 9.97 Å². The molecule has 1 aliphatic heterocycles. The molecule has 0 spiro atoms. The third kappa shape index (κ3) is 2.59. The van der Waals surface area contributed by atoms with E-state index in [0.717, 1.165) is 43.0 Å². The molecule has 1 aromatic rings. The van der Waals surface area contributed by atoms with Crippen molar-refractivity contribution in [2.24, 2.45) is 5.92 Å². The van der Waals surface area contributed by atoms with E-state index in [4.69, 9.17) is 11.6 Å². The zero-order valence-corrected chi connectivity index (χ0v) is 9.74. The fourth-order valence-electron chi connectivity index (χ4n) is 2.05. The third-order valence-corrected chi connectivity index (χ3v) is 3.11. The standard InChI is InChI=1S/C11H16ClN3/c1-9-13-6-3-11(14-9)15-7-4-10(8-15)2-5-12/h3,6,10H,2,4-5,7-8H2,1H3. The molecule has 1 aromatic heterocycles. The lowest BCUT2D eigenvalue weighted by molar-refractivity contribution is 0.572. The molecule has 15 heavy (non-hydrogen) atoms. The summed E-state index contributed by atoms with van der Waals surface area (Å²) >= 11 is 5.76. The van der Waals surface area contributed by atoms with E-state index in [1.54, 1.807) is 0 Å². The van der Waals surface area contributed by atoms with E-state index in [1.807, 2.05) is 19.2 Å². The summed E-state index contributed by atoms with van der Waals surface area (Å²) in [6.07, 6.45) is 4.17. The number of halogens is 1. The molecule has 1 saturated heterocycles. The van der Waals surface area contributed by atoms with E-state index in [0.29, 0.717) is 0 Å². The number of hydrogen-bond donors (Lipinski definition) is 0. The van der Waals surface area contributed by atoms with Gasteiger partial charge in [0.05, 0.1) is 0 Å². The Labute approximate surface area is 95.5 Å². The van der Waals surface area contributed by atoms with Crippen molar-refractivity contribution in [3.63, 3.8) is 0 Å². The molecule has 0 bridgehead atoms. The lowest BCUT2D eigenvalue weighted by atomic mass is 10.1. The van der Waals surface area contributed by atoms with Crippen molar-refractivity contribution in [3.8, 4) is 0 Å². The van der Waals surface area contributed by atoms with Crippen LogP contribution in [0.25, 0.3) is 0 Å². The van der Waals surface area contributed by atoms with E-state index < -0.39 is 0 Å². The van der Waals surface area contributed by atoms with Gasteiger partial charge in [0.1, 0.15) is 11.6 Å². The Morgan fingerprint density at radius 2 is 2.47 bits per heavy atom. The van der Waals surface area contributed by atoms with Crippen molar-refractivity contribution in [1.29, 1.82) is 0 Å². The van der Waals surface area contributed by atoms with Crippen LogP contribution in [-0.4, -0.2) is 28.9 Å². The van der Waals surface area contributed by atoms with Gasteiger partial charge in [0.15, 0.2) is 0 Å². The fourth-order valence-corrected chi connectivity index (χ4v) is 2.36. The van der Waals surface area contributed by atoms with Crippen molar-refractivity contribution >= 4 is 17.4 Å². The molecule has 1 fully saturated rings. The van der Waals surface area contributed by atoms with E-state index in [9.17, 15) is 0 Å². The van der Waals surface area contributed by atoms with Gasteiger partial charge in [-0.05, 0) is 31.7 Å². The molecule has 0 aromatic carbocycles. The first-order valence-electron chi connectivity index (χ1n) is 5.40. The normalized spacial score (nSPS) is 20.9. The van der Waals surface area contributed by atoms with E-state index in [1.165, 1.54) is 6.42 Å². The molecule has 2 rings (SSSR count). The minimum atomic E-state index is 0.734. The van der Waals surface area contributed by atoms with E-state index in [-0.39, 0.29) is 0 Å². The molecule has 0 radical (unpaired) electrons. The molecule has 1 aliphatic rings. The molecule has 0 saturated carbocycles. The molecule has 1 atom stereocenters. The summed E-state index contributed by atoms with van der Waals surface area (Å²) in [6, 6.07) is 1.98. The van der Waals surface area contributed by atoms with Gasteiger partial charge in [0.2, 0.25) is 0 Å². The number of aryl methyl sites for hydroxylation is 1. The van der Waals surface area contributed by atoms with Crippen LogP contribution in [0, 0.1) is 12.8 Å². The van der Waals surface area contributed by atoms with Crippen LogP contribution in [0.1, 0.15) is 18.7 Å². The molecule has 0 aliphatic carbocycles. The summed E-state index contributed by atoms with van der Waals surface area (Å²) in [7, 11) is 0. The number of anilines is 1. The smallest absolute Gasteiger partial charge is 0.132 e. The second-order valence-electron chi connectivity index (χ2n) is 4.04. The molecule has 3 nitrogen and oxygen atoms in total. The van der Waals surface area contributed by atoms with Crippen LogP contribution in [0.3, 0.4) is 0 Å². The van der Waals surface area contributed by atoms with Crippen LogP contribution < -0.4 is 4.90 Å². The first-order chi connectivity index (χ1) is 7.29. The highest BCUT2D eigenvalue weighted by molar-refractivity contribution is 6.17. The first kappa shape index (κ1) is 10.7. The van der Waals surface area contributed by atoms with Gasteiger partial charge in [0, 0.05) is 25.2 Å². The summed E-state index contributed by atoms with van der Waals surface area (Å²) < 4.78 is 0. The zero-order chi connectivity index (χ0) is 10.7. The number of hydrogen-bond acceptors (Lipinski definition) is 3. The van der Waals surface area contributed by atoms with Crippen LogP contribution in [-0.2, 0) is 0 Å². The third-order valence-electron chi connectivity index (χ3n) is 2.89. The summed E-state index contributed by atoms with van der Waals surface area (Å²) in [5.41, 5.74) is 0. The molecular formula is C11H16ClN3. The van der Waals surface area contributed by atoms with Gasteiger partial charge in [-0.3, -0.25) is 0 Å². The van der Waals surface area contributed by atoms with Crippen LogP contribution in [0.15, 0.2) is 12.3 Å². The Morgan fingerprint density at radius 3 is 3.20 bits per heavy atom. The van der Waals surface area contributed by atoms with E-state index >= 15 is 0 Å². The molecular weight excluding hydrogens is 210 g/mol. The number of rotatable bonds is 3. The highest BCUT2D eigenvalue weighted by Gasteiger charge is 2.22. The first-order valence-corrected chi connectivity index (χ1v) is 5.93. The van der Waals surface area contributed by atoms with Crippen LogP contribution in [0.2, 0.25) is 0 Å². The lowest BCUT2D eigenvalue weighted by Gasteiger charge is -2.17. The average Bonchev–Trinajstić information content (AvgIpc) is 2.67. The largest absolute Gasteiger partial charge is 0.356 e. The Hall–Kier alpha value is -0.830. The summed E-state index contributed by atoms with van der Waals surface area (Å²) in [4.78, 5) is 10.9. The van der Waals surface area contributed by atoms with Gasteiger partial charge in [0.25, 0.3) is 0 Å². The number of nitrogens with zero attached hydrogens (tertiary/aromatic N) is 3. The predicted octanol–water partition coefficient (Wildman–Crippen LogP) is 2.24. The van der Waals surface area contributed by atoms with Crippen LogP contribution >= 0.6 is 11.6 Å². The molecule has 1 unspecified atom stereocenters. The van der Waals surface area contributed by atoms with Crippen molar-refractivity contribution in [2.75, 3.05) is 23.9 Å². The van der Waals surface area contributed by atoms with Crippen LogP contribution in [0.5, 0.6) is 0 Å². The van der Waals surface area contributed by atoms with Gasteiger partial charge in [-0.15, -0.1) is 11.6 Å². The van der Waals surface area contributed by atoms with Gasteiger partial charge >= 0.3 is 0 Å². The molecule has 0 amide bonds. The Morgan fingerprint density at radius 1 is 1.60 bits per heavy atom. The SMILES string of the molecule is Cc1nccc(N2CCC(CCCl)C2)n1. The summed E-state index contributed by atoms with van der Waals surface area (Å²) in [6.45, 7) is 4.11. The van der Waals surface area contributed by atoms with Gasteiger partial charge in [-0.25, -0.2) is 9.97 Å². The molecule has 2 heterocycles. The fraction of sp³-hybridized carbons (Fsp3) is 0.636. The monoisotopic (exact) mass is 225 g/mol. The highest BCUT2D eigenvalue weighted by Crippen LogP contribution is 2.24.